The van der Waals surface area contributed by atoms with E-state index in [0.717, 1.165) is 12.3 Å². The normalized spacial score (nSPS) is 27.3. The first-order valence-corrected chi connectivity index (χ1v) is 6.47. The third kappa shape index (κ3) is 1.89. The molecule has 3 nitrogen and oxygen atoms in total. The predicted molar refractivity (Wildman–Crippen MR) is 69.7 cm³/mol. The Morgan fingerprint density at radius 2 is 2.18 bits per heavy atom. The van der Waals surface area contributed by atoms with E-state index in [1.807, 2.05) is 0 Å². The lowest BCUT2D eigenvalue weighted by Gasteiger charge is -2.44. The summed E-state index contributed by atoms with van der Waals surface area (Å²) in [7, 11) is 1.73. The van der Waals surface area contributed by atoms with Gasteiger partial charge in [0.1, 0.15) is 5.75 Å². The lowest BCUT2D eigenvalue weighted by atomic mass is 9.88. The van der Waals surface area contributed by atoms with Gasteiger partial charge >= 0.3 is 0 Å². The molecule has 0 amide bonds. The summed E-state index contributed by atoms with van der Waals surface area (Å²) in [4.78, 5) is 2.50. The van der Waals surface area contributed by atoms with Gasteiger partial charge in [-0.05, 0) is 37.3 Å². The number of rotatable bonds is 1. The van der Waals surface area contributed by atoms with Crippen molar-refractivity contribution < 1.29 is 4.74 Å². The lowest BCUT2D eigenvalue weighted by Crippen LogP contribution is -2.50. The second-order valence-electron chi connectivity index (χ2n) is 5.18. The van der Waals surface area contributed by atoms with Crippen LogP contribution in [0.3, 0.4) is 0 Å². The van der Waals surface area contributed by atoms with E-state index in [-0.39, 0.29) is 0 Å². The number of anilines is 1. The van der Waals surface area contributed by atoms with E-state index < -0.39 is 0 Å². The van der Waals surface area contributed by atoms with Crippen molar-refractivity contribution in [2.24, 2.45) is 5.73 Å². The quantitative estimate of drug-likeness (QED) is 0.804. The summed E-state index contributed by atoms with van der Waals surface area (Å²) in [6.07, 6.45) is 4.86. The molecule has 2 aliphatic heterocycles. The molecule has 2 unspecified atom stereocenters. The second-order valence-corrected chi connectivity index (χ2v) is 5.18. The molecule has 0 aromatic heterocycles. The summed E-state index contributed by atoms with van der Waals surface area (Å²) < 4.78 is 5.33. The topological polar surface area (TPSA) is 38.5 Å². The Morgan fingerprint density at radius 1 is 1.29 bits per heavy atom. The van der Waals surface area contributed by atoms with Crippen LogP contribution < -0.4 is 15.4 Å². The molecule has 0 spiro atoms. The molecule has 2 heterocycles. The fourth-order valence-corrected chi connectivity index (χ4v) is 3.12. The zero-order chi connectivity index (χ0) is 11.8. The van der Waals surface area contributed by atoms with Crippen LogP contribution in [0.1, 0.15) is 24.8 Å². The van der Waals surface area contributed by atoms with Gasteiger partial charge in [0, 0.05) is 30.4 Å². The number of fused-ring (bicyclic) bond motifs is 3. The number of nitrogens with zero attached hydrogens (tertiary/aromatic N) is 1. The molecule has 3 rings (SSSR count). The van der Waals surface area contributed by atoms with Gasteiger partial charge in [-0.1, -0.05) is 6.07 Å². The van der Waals surface area contributed by atoms with Crippen LogP contribution in [0.2, 0.25) is 0 Å². The van der Waals surface area contributed by atoms with Crippen molar-refractivity contribution in [1.82, 2.24) is 0 Å². The van der Waals surface area contributed by atoms with Crippen molar-refractivity contribution in [2.75, 3.05) is 18.6 Å². The van der Waals surface area contributed by atoms with Crippen LogP contribution in [0.25, 0.3) is 0 Å². The molecule has 3 heteroatoms. The van der Waals surface area contributed by atoms with E-state index >= 15 is 0 Å². The number of nitrogens with two attached hydrogens (primary N) is 1. The maximum Gasteiger partial charge on any atom is 0.120 e. The minimum absolute atomic E-state index is 0.323. The average Bonchev–Trinajstić information content (AvgIpc) is 2.38. The minimum atomic E-state index is 0.323. The van der Waals surface area contributed by atoms with Crippen molar-refractivity contribution >= 4 is 5.69 Å². The molecule has 0 aliphatic carbocycles. The van der Waals surface area contributed by atoms with Crippen molar-refractivity contribution in [1.29, 1.82) is 0 Å². The molecular formula is C14H20N2O. The van der Waals surface area contributed by atoms with E-state index in [4.69, 9.17) is 10.5 Å². The van der Waals surface area contributed by atoms with E-state index in [0.29, 0.717) is 12.1 Å². The molecule has 1 aromatic rings. The summed E-state index contributed by atoms with van der Waals surface area (Å²) in [5.74, 6) is 0.948. The Labute approximate surface area is 103 Å². The highest BCUT2D eigenvalue weighted by atomic mass is 16.5. The van der Waals surface area contributed by atoms with Crippen LogP contribution in [0.15, 0.2) is 18.2 Å². The molecule has 92 valence electrons. The molecule has 0 bridgehead atoms. The Morgan fingerprint density at radius 3 is 3.00 bits per heavy atom. The monoisotopic (exact) mass is 232 g/mol. The van der Waals surface area contributed by atoms with E-state index in [1.165, 1.54) is 36.9 Å². The van der Waals surface area contributed by atoms with Crippen LogP contribution >= 0.6 is 0 Å². The third-order valence-electron chi connectivity index (χ3n) is 4.09. The Hall–Kier alpha value is -1.22. The number of methoxy groups -OCH3 is 1. The molecule has 1 saturated heterocycles. The summed E-state index contributed by atoms with van der Waals surface area (Å²) >= 11 is 0. The summed E-state index contributed by atoms with van der Waals surface area (Å²) in [6.45, 7) is 0.991. The molecule has 0 saturated carbocycles. The van der Waals surface area contributed by atoms with Crippen molar-refractivity contribution in [3.63, 3.8) is 0 Å². The highest BCUT2D eigenvalue weighted by molar-refractivity contribution is 5.60. The third-order valence-corrected chi connectivity index (χ3v) is 4.09. The predicted octanol–water partition coefficient (Wildman–Crippen LogP) is 1.94. The molecule has 2 aliphatic rings. The molecule has 1 aromatic carbocycles. The van der Waals surface area contributed by atoms with Crippen LogP contribution in [-0.2, 0) is 6.42 Å². The number of hydrogen-bond donors (Lipinski definition) is 1. The number of hydrogen-bond acceptors (Lipinski definition) is 3. The Kier molecular flexibility index (Phi) is 2.71. The van der Waals surface area contributed by atoms with E-state index in [2.05, 4.69) is 23.1 Å². The maximum absolute atomic E-state index is 6.10. The smallest absolute Gasteiger partial charge is 0.120 e. The summed E-state index contributed by atoms with van der Waals surface area (Å²) in [5.41, 5.74) is 8.88. The number of ether oxygens (including phenoxy) is 1. The van der Waals surface area contributed by atoms with Gasteiger partial charge in [-0.15, -0.1) is 0 Å². The van der Waals surface area contributed by atoms with Crippen molar-refractivity contribution in [2.45, 2.75) is 37.8 Å². The maximum atomic E-state index is 6.10. The first-order valence-electron chi connectivity index (χ1n) is 6.47. The first-order chi connectivity index (χ1) is 8.28. The number of benzene rings is 1. The van der Waals surface area contributed by atoms with Gasteiger partial charge in [0.25, 0.3) is 0 Å². The fourth-order valence-electron chi connectivity index (χ4n) is 3.12. The molecule has 2 atom stereocenters. The Balaban J connectivity index is 1.97. The molecular weight excluding hydrogens is 212 g/mol. The average molecular weight is 232 g/mol. The number of piperidine rings is 1. The van der Waals surface area contributed by atoms with Gasteiger partial charge < -0.3 is 15.4 Å². The second kappa shape index (κ2) is 4.22. The van der Waals surface area contributed by atoms with Crippen LogP contribution in [0.5, 0.6) is 5.75 Å². The minimum Gasteiger partial charge on any atom is -0.497 e. The molecule has 0 radical (unpaired) electrons. The van der Waals surface area contributed by atoms with Gasteiger partial charge in [-0.3, -0.25) is 0 Å². The number of aryl methyl sites for hydroxylation is 1. The van der Waals surface area contributed by atoms with Crippen molar-refractivity contribution in [3.05, 3.63) is 23.8 Å². The van der Waals surface area contributed by atoms with Gasteiger partial charge in [0.05, 0.1) is 7.11 Å². The Bertz CT molecular complexity index is 419. The van der Waals surface area contributed by atoms with Crippen LogP contribution in [-0.4, -0.2) is 25.7 Å². The van der Waals surface area contributed by atoms with Gasteiger partial charge in [0.2, 0.25) is 0 Å². The molecule has 2 N–H and O–H groups in total. The lowest BCUT2D eigenvalue weighted by molar-refractivity contribution is 0.387. The first kappa shape index (κ1) is 10.9. The van der Waals surface area contributed by atoms with Gasteiger partial charge in [0.15, 0.2) is 0 Å². The molecule has 17 heavy (non-hydrogen) atoms. The highest BCUT2D eigenvalue weighted by Crippen LogP contribution is 2.37. The highest BCUT2D eigenvalue weighted by Gasteiger charge is 2.31. The molecule has 1 fully saturated rings. The van der Waals surface area contributed by atoms with Crippen molar-refractivity contribution in [3.8, 4) is 5.75 Å². The van der Waals surface area contributed by atoms with E-state index in [9.17, 15) is 0 Å². The zero-order valence-electron chi connectivity index (χ0n) is 10.4. The van der Waals surface area contributed by atoms with Crippen LogP contribution in [0.4, 0.5) is 5.69 Å². The standard InChI is InChI=1S/C14H20N2O/c1-17-13-7-3-10-2-5-12-6-4-11(15)9-16(12)14(10)8-13/h3,7-8,11-12H,2,4-6,9,15H2,1H3. The fraction of sp³-hybridized carbons (Fsp3) is 0.571. The largest absolute Gasteiger partial charge is 0.497 e. The summed E-state index contributed by atoms with van der Waals surface area (Å²) in [5, 5.41) is 0. The van der Waals surface area contributed by atoms with Crippen LogP contribution in [0, 0.1) is 0 Å². The van der Waals surface area contributed by atoms with Gasteiger partial charge in [-0.2, -0.15) is 0 Å². The summed E-state index contributed by atoms with van der Waals surface area (Å²) in [6, 6.07) is 7.44. The SMILES string of the molecule is COc1ccc2c(c1)N1CC(N)CCC1CC2. The zero-order valence-corrected chi connectivity index (χ0v) is 10.4. The van der Waals surface area contributed by atoms with Gasteiger partial charge in [-0.25, -0.2) is 0 Å². The van der Waals surface area contributed by atoms with E-state index in [1.54, 1.807) is 7.11 Å².